The molecule has 4 rings (SSSR count). The van der Waals surface area contributed by atoms with Gasteiger partial charge in [-0.2, -0.15) is 0 Å². The van der Waals surface area contributed by atoms with Gasteiger partial charge in [-0.15, -0.1) is 0 Å². The molecule has 1 aliphatic carbocycles. The first-order valence-corrected chi connectivity index (χ1v) is 10.4. The van der Waals surface area contributed by atoms with Crippen LogP contribution in [0.5, 0.6) is 5.75 Å². The molecule has 1 aromatic heterocycles. The van der Waals surface area contributed by atoms with E-state index >= 15 is 0 Å². The fourth-order valence-corrected chi connectivity index (χ4v) is 4.95. The molecule has 1 aliphatic heterocycles. The molecule has 0 saturated heterocycles. The SMILES string of the molecule is COc1ccc2c(c1)C(CC1CCCC1)CN=C2Cc1c(Cl)cncc1Cl. The molecule has 0 N–H and O–H groups in total. The Kier molecular flexibility index (Phi) is 5.70. The second-order valence-corrected chi connectivity index (χ2v) is 8.40. The molecule has 1 saturated carbocycles. The predicted molar refractivity (Wildman–Crippen MR) is 112 cm³/mol. The summed E-state index contributed by atoms with van der Waals surface area (Å²) in [6, 6.07) is 6.35. The van der Waals surface area contributed by atoms with Gasteiger partial charge in [0, 0.05) is 37.0 Å². The van der Waals surface area contributed by atoms with Crippen LogP contribution in [0.15, 0.2) is 35.6 Å². The highest BCUT2D eigenvalue weighted by Gasteiger charge is 2.28. The number of fused-ring (bicyclic) bond motifs is 1. The van der Waals surface area contributed by atoms with Gasteiger partial charge in [-0.05, 0) is 47.2 Å². The summed E-state index contributed by atoms with van der Waals surface area (Å²) < 4.78 is 5.50. The maximum absolute atomic E-state index is 6.34. The molecular formula is C22H24Cl2N2O. The van der Waals surface area contributed by atoms with Crippen LogP contribution in [0.3, 0.4) is 0 Å². The molecular weight excluding hydrogens is 379 g/mol. The fraction of sp³-hybridized carbons (Fsp3) is 0.455. The third kappa shape index (κ3) is 4.00. The number of aromatic nitrogens is 1. The molecule has 2 aliphatic rings. The van der Waals surface area contributed by atoms with Gasteiger partial charge >= 0.3 is 0 Å². The van der Waals surface area contributed by atoms with Gasteiger partial charge in [-0.25, -0.2) is 0 Å². The highest BCUT2D eigenvalue weighted by Crippen LogP contribution is 2.39. The minimum absolute atomic E-state index is 0.463. The van der Waals surface area contributed by atoms with Crippen molar-refractivity contribution in [3.63, 3.8) is 0 Å². The van der Waals surface area contributed by atoms with Gasteiger partial charge in [0.05, 0.1) is 17.2 Å². The predicted octanol–water partition coefficient (Wildman–Crippen LogP) is 6.11. The van der Waals surface area contributed by atoms with E-state index in [9.17, 15) is 0 Å². The zero-order valence-electron chi connectivity index (χ0n) is 15.5. The second-order valence-electron chi connectivity index (χ2n) is 7.58. The summed E-state index contributed by atoms with van der Waals surface area (Å²) in [5.74, 6) is 2.20. The van der Waals surface area contributed by atoms with E-state index in [0.717, 1.165) is 29.5 Å². The third-order valence-electron chi connectivity index (χ3n) is 5.90. The fourth-order valence-electron chi connectivity index (χ4n) is 4.45. The summed E-state index contributed by atoms with van der Waals surface area (Å²) in [5, 5.41) is 1.18. The molecule has 1 unspecified atom stereocenters. The lowest BCUT2D eigenvalue weighted by Crippen LogP contribution is -2.21. The summed E-state index contributed by atoms with van der Waals surface area (Å²) in [6.07, 6.45) is 10.6. The Morgan fingerprint density at radius 2 is 1.85 bits per heavy atom. The van der Waals surface area contributed by atoms with Gasteiger partial charge in [-0.3, -0.25) is 9.98 Å². The molecule has 2 aromatic rings. The lowest BCUT2D eigenvalue weighted by molar-refractivity contribution is 0.410. The van der Waals surface area contributed by atoms with Crippen molar-refractivity contribution < 1.29 is 4.74 Å². The van der Waals surface area contributed by atoms with E-state index in [0.29, 0.717) is 22.4 Å². The van der Waals surface area contributed by atoms with Gasteiger partial charge in [-0.1, -0.05) is 48.9 Å². The van der Waals surface area contributed by atoms with E-state index < -0.39 is 0 Å². The number of hydrogen-bond acceptors (Lipinski definition) is 3. The van der Waals surface area contributed by atoms with E-state index in [1.807, 2.05) is 6.07 Å². The lowest BCUT2D eigenvalue weighted by Gasteiger charge is -2.28. The summed E-state index contributed by atoms with van der Waals surface area (Å²) in [6.45, 7) is 0.826. The topological polar surface area (TPSA) is 34.5 Å². The number of methoxy groups -OCH3 is 1. The van der Waals surface area contributed by atoms with E-state index in [1.165, 1.54) is 43.2 Å². The Balaban J connectivity index is 1.66. The number of nitrogens with zero attached hydrogens (tertiary/aromatic N) is 2. The number of aliphatic imine (C=N–C) groups is 1. The number of benzene rings is 1. The van der Waals surface area contributed by atoms with Crippen LogP contribution in [-0.2, 0) is 6.42 Å². The third-order valence-corrected chi connectivity index (χ3v) is 6.55. The molecule has 27 heavy (non-hydrogen) atoms. The summed E-state index contributed by atoms with van der Waals surface area (Å²) in [7, 11) is 1.72. The van der Waals surface area contributed by atoms with Crippen LogP contribution in [-0.4, -0.2) is 24.4 Å². The quantitative estimate of drug-likeness (QED) is 0.604. The van der Waals surface area contributed by atoms with Crippen molar-refractivity contribution in [1.82, 2.24) is 4.98 Å². The molecule has 2 heterocycles. The van der Waals surface area contributed by atoms with E-state index in [-0.39, 0.29) is 0 Å². The van der Waals surface area contributed by atoms with Crippen LogP contribution in [0.1, 0.15) is 54.7 Å². The number of hydrogen-bond donors (Lipinski definition) is 0. The van der Waals surface area contributed by atoms with Crippen molar-refractivity contribution in [3.8, 4) is 5.75 Å². The van der Waals surface area contributed by atoms with E-state index in [1.54, 1.807) is 19.5 Å². The van der Waals surface area contributed by atoms with Crippen molar-refractivity contribution >= 4 is 28.9 Å². The van der Waals surface area contributed by atoms with Crippen LogP contribution in [0.4, 0.5) is 0 Å². The number of pyridine rings is 1. The van der Waals surface area contributed by atoms with E-state index in [4.69, 9.17) is 32.9 Å². The zero-order chi connectivity index (χ0) is 18.8. The number of halogens is 2. The normalized spacial score (nSPS) is 19.7. The van der Waals surface area contributed by atoms with Crippen molar-refractivity contribution in [2.75, 3.05) is 13.7 Å². The Hall–Kier alpha value is -1.58. The molecule has 142 valence electrons. The van der Waals surface area contributed by atoms with E-state index in [2.05, 4.69) is 17.1 Å². The highest BCUT2D eigenvalue weighted by atomic mass is 35.5. The maximum Gasteiger partial charge on any atom is 0.119 e. The van der Waals surface area contributed by atoms with Crippen molar-refractivity contribution in [3.05, 3.63) is 57.3 Å². The van der Waals surface area contributed by atoms with Crippen LogP contribution in [0.2, 0.25) is 10.0 Å². The maximum atomic E-state index is 6.34. The molecule has 5 heteroatoms. The van der Waals surface area contributed by atoms with Gasteiger partial charge in [0.2, 0.25) is 0 Å². The average Bonchev–Trinajstić information content (AvgIpc) is 3.19. The molecule has 3 nitrogen and oxygen atoms in total. The first kappa shape index (κ1) is 18.8. The second kappa shape index (κ2) is 8.20. The van der Waals surface area contributed by atoms with Crippen molar-refractivity contribution in [2.45, 2.75) is 44.4 Å². The van der Waals surface area contributed by atoms with Crippen molar-refractivity contribution in [1.29, 1.82) is 0 Å². The number of rotatable bonds is 5. The summed E-state index contributed by atoms with van der Waals surface area (Å²) >= 11 is 12.7. The molecule has 0 spiro atoms. The van der Waals surface area contributed by atoms with Crippen molar-refractivity contribution in [2.24, 2.45) is 10.9 Å². The average molecular weight is 403 g/mol. The Morgan fingerprint density at radius 3 is 2.56 bits per heavy atom. The Labute approximate surface area is 170 Å². The first-order chi connectivity index (χ1) is 13.2. The minimum Gasteiger partial charge on any atom is -0.497 e. The smallest absolute Gasteiger partial charge is 0.119 e. The lowest BCUT2D eigenvalue weighted by atomic mass is 9.81. The zero-order valence-corrected chi connectivity index (χ0v) is 17.1. The molecule has 1 atom stereocenters. The minimum atomic E-state index is 0.463. The standard InChI is InChI=1S/C22H24Cl2N2O/c1-27-16-6-7-17-18(9-16)15(8-14-4-2-3-5-14)11-26-22(17)10-19-20(23)12-25-13-21(19)24/h6-7,9,12-15H,2-5,8,10-11H2,1H3. The van der Waals surface area contributed by atoms with Crippen LogP contribution in [0.25, 0.3) is 0 Å². The van der Waals surface area contributed by atoms with Gasteiger partial charge in [0.1, 0.15) is 5.75 Å². The summed E-state index contributed by atoms with van der Waals surface area (Å²) in [5.41, 5.74) is 4.50. The number of ether oxygens (including phenoxy) is 1. The largest absolute Gasteiger partial charge is 0.497 e. The Morgan fingerprint density at radius 1 is 1.11 bits per heavy atom. The van der Waals surface area contributed by atoms with Crippen LogP contribution in [0, 0.1) is 5.92 Å². The van der Waals surface area contributed by atoms with Gasteiger partial charge < -0.3 is 4.74 Å². The first-order valence-electron chi connectivity index (χ1n) is 9.65. The van der Waals surface area contributed by atoms with Crippen LogP contribution < -0.4 is 4.74 Å². The monoisotopic (exact) mass is 402 g/mol. The molecule has 1 fully saturated rings. The highest BCUT2D eigenvalue weighted by molar-refractivity contribution is 6.36. The van der Waals surface area contributed by atoms with Gasteiger partial charge in [0.25, 0.3) is 0 Å². The molecule has 0 amide bonds. The van der Waals surface area contributed by atoms with Gasteiger partial charge in [0.15, 0.2) is 0 Å². The molecule has 1 aromatic carbocycles. The Bertz CT molecular complexity index is 839. The van der Waals surface area contributed by atoms with Crippen LogP contribution >= 0.6 is 23.2 Å². The molecule has 0 radical (unpaired) electrons. The molecule has 0 bridgehead atoms. The summed E-state index contributed by atoms with van der Waals surface area (Å²) in [4.78, 5) is 9.02.